The summed E-state index contributed by atoms with van der Waals surface area (Å²) >= 11 is 0. The number of amides is 1. The molecule has 0 aliphatic carbocycles. The van der Waals surface area contributed by atoms with Crippen LogP contribution in [0, 0.1) is 27.3 Å². The molecule has 0 aliphatic heterocycles. The summed E-state index contributed by atoms with van der Waals surface area (Å²) in [6.45, 7) is 0.456. The maximum absolute atomic E-state index is 13.3. The average Bonchev–Trinajstić information content (AvgIpc) is 2.46. The second kappa shape index (κ2) is 7.91. The number of benzene rings is 1. The van der Waals surface area contributed by atoms with Gasteiger partial charge in [-0.25, -0.2) is 4.39 Å². The van der Waals surface area contributed by atoms with Crippen LogP contribution in [0.2, 0.25) is 0 Å². The van der Waals surface area contributed by atoms with Crippen molar-refractivity contribution in [3.63, 3.8) is 0 Å². The molecule has 1 aromatic carbocycles. The molecular weight excluding hydrogens is 281 g/mol. The molecule has 0 radical (unpaired) electrons. The van der Waals surface area contributed by atoms with Gasteiger partial charge in [0.1, 0.15) is 11.4 Å². The third-order valence-corrected chi connectivity index (χ3v) is 2.73. The highest BCUT2D eigenvalue weighted by molar-refractivity contribution is 5.98. The lowest BCUT2D eigenvalue weighted by atomic mass is 10.1. The van der Waals surface area contributed by atoms with Crippen molar-refractivity contribution in [1.82, 2.24) is 4.90 Å². The van der Waals surface area contributed by atoms with Gasteiger partial charge in [-0.1, -0.05) is 0 Å². The second-order valence-electron chi connectivity index (χ2n) is 4.11. The zero-order chi connectivity index (χ0) is 15.8. The number of nitro benzene ring substituents is 1. The Hall–Kier alpha value is -2.53. The molecule has 0 saturated heterocycles. The van der Waals surface area contributed by atoms with Gasteiger partial charge in [-0.15, -0.1) is 0 Å². The lowest BCUT2D eigenvalue weighted by molar-refractivity contribution is -0.385. The monoisotopic (exact) mass is 295 g/mol. The van der Waals surface area contributed by atoms with Crippen LogP contribution in [0.1, 0.15) is 16.8 Å². The van der Waals surface area contributed by atoms with Gasteiger partial charge in [-0.3, -0.25) is 14.9 Å². The molecule has 0 aromatic heterocycles. The number of methoxy groups -OCH3 is 1. The minimum atomic E-state index is -0.745. The quantitative estimate of drug-likeness (QED) is 0.563. The van der Waals surface area contributed by atoms with Gasteiger partial charge in [0.2, 0.25) is 0 Å². The van der Waals surface area contributed by atoms with E-state index in [-0.39, 0.29) is 31.7 Å². The summed E-state index contributed by atoms with van der Waals surface area (Å²) in [5, 5.41) is 19.5. The van der Waals surface area contributed by atoms with Crippen LogP contribution in [0.25, 0.3) is 0 Å². The van der Waals surface area contributed by atoms with Crippen molar-refractivity contribution in [2.24, 2.45) is 0 Å². The smallest absolute Gasteiger partial charge is 0.282 e. The number of halogens is 1. The predicted octanol–water partition coefficient (Wildman–Crippen LogP) is 1.74. The largest absolute Gasteiger partial charge is 0.383 e. The number of carbonyl (C=O) groups is 1. The molecule has 21 heavy (non-hydrogen) atoms. The number of nitrogens with zero attached hydrogens (tertiary/aromatic N) is 3. The van der Waals surface area contributed by atoms with E-state index in [1.54, 1.807) is 0 Å². The summed E-state index contributed by atoms with van der Waals surface area (Å²) < 4.78 is 18.1. The maximum Gasteiger partial charge on any atom is 0.282 e. The Bertz CT molecular complexity index is 571. The van der Waals surface area contributed by atoms with E-state index < -0.39 is 22.3 Å². The summed E-state index contributed by atoms with van der Waals surface area (Å²) in [5.41, 5.74) is -0.810. The standard InChI is InChI=1S/C13H14FN3O4/c1-21-8-7-16(6-2-5-15)13(18)11-9-10(14)3-4-12(11)17(19)20/h3-4,9H,2,6-8H2,1H3. The Morgan fingerprint density at radius 1 is 1.52 bits per heavy atom. The summed E-state index contributed by atoms with van der Waals surface area (Å²) in [5.74, 6) is -1.44. The van der Waals surface area contributed by atoms with Crippen LogP contribution in [0.3, 0.4) is 0 Å². The third kappa shape index (κ3) is 4.50. The predicted molar refractivity (Wildman–Crippen MR) is 71.1 cm³/mol. The lowest BCUT2D eigenvalue weighted by Gasteiger charge is -2.21. The van der Waals surface area contributed by atoms with Gasteiger partial charge >= 0.3 is 0 Å². The Balaban J connectivity index is 3.09. The zero-order valence-corrected chi connectivity index (χ0v) is 11.4. The molecule has 112 valence electrons. The number of rotatable bonds is 7. The summed E-state index contributed by atoms with van der Waals surface area (Å²) in [4.78, 5) is 23.7. The minimum Gasteiger partial charge on any atom is -0.383 e. The van der Waals surface area contributed by atoms with Gasteiger partial charge in [0, 0.05) is 26.3 Å². The molecular formula is C13H14FN3O4. The molecule has 1 rings (SSSR count). The molecule has 0 saturated carbocycles. The van der Waals surface area contributed by atoms with Gasteiger partial charge in [0.25, 0.3) is 11.6 Å². The van der Waals surface area contributed by atoms with Crippen molar-refractivity contribution < 1.29 is 18.8 Å². The van der Waals surface area contributed by atoms with E-state index in [9.17, 15) is 19.3 Å². The molecule has 0 N–H and O–H groups in total. The number of ether oxygens (including phenoxy) is 1. The molecule has 0 unspecified atom stereocenters. The Morgan fingerprint density at radius 3 is 2.81 bits per heavy atom. The van der Waals surface area contributed by atoms with E-state index in [1.165, 1.54) is 12.0 Å². The molecule has 7 nitrogen and oxygen atoms in total. The van der Waals surface area contributed by atoms with Gasteiger partial charge in [-0.05, 0) is 12.1 Å². The fourth-order valence-corrected chi connectivity index (χ4v) is 1.71. The first-order valence-corrected chi connectivity index (χ1v) is 6.10. The molecule has 0 aliphatic rings. The van der Waals surface area contributed by atoms with Crippen molar-refractivity contribution in [3.05, 3.63) is 39.7 Å². The zero-order valence-electron chi connectivity index (χ0n) is 11.4. The first kappa shape index (κ1) is 16.5. The van der Waals surface area contributed by atoms with Crippen LogP contribution in [0.4, 0.5) is 10.1 Å². The fourth-order valence-electron chi connectivity index (χ4n) is 1.71. The lowest BCUT2D eigenvalue weighted by Crippen LogP contribution is -2.35. The molecule has 0 heterocycles. The molecule has 0 fully saturated rings. The van der Waals surface area contributed by atoms with E-state index >= 15 is 0 Å². The number of carbonyl (C=O) groups excluding carboxylic acids is 1. The third-order valence-electron chi connectivity index (χ3n) is 2.73. The highest BCUT2D eigenvalue weighted by Crippen LogP contribution is 2.21. The van der Waals surface area contributed by atoms with E-state index in [1.807, 2.05) is 6.07 Å². The number of hydrogen-bond donors (Lipinski definition) is 0. The van der Waals surface area contributed by atoms with Gasteiger partial charge in [0.05, 0.1) is 24.0 Å². The average molecular weight is 295 g/mol. The molecule has 1 aromatic rings. The molecule has 0 atom stereocenters. The van der Waals surface area contributed by atoms with Crippen LogP contribution >= 0.6 is 0 Å². The SMILES string of the molecule is COCCN(CCC#N)C(=O)c1cc(F)ccc1[N+](=O)[O-]. The number of nitro groups is 1. The van der Waals surface area contributed by atoms with Crippen molar-refractivity contribution >= 4 is 11.6 Å². The van der Waals surface area contributed by atoms with Gasteiger partial charge < -0.3 is 9.64 Å². The van der Waals surface area contributed by atoms with Crippen LogP contribution in [0.5, 0.6) is 0 Å². The van der Waals surface area contributed by atoms with Crippen LogP contribution in [0.15, 0.2) is 18.2 Å². The van der Waals surface area contributed by atoms with Crippen molar-refractivity contribution in [3.8, 4) is 6.07 Å². The minimum absolute atomic E-state index is 0.0680. The normalized spacial score (nSPS) is 9.95. The Labute approximate surface area is 120 Å². The van der Waals surface area contributed by atoms with Crippen molar-refractivity contribution in [2.75, 3.05) is 26.8 Å². The molecule has 0 spiro atoms. The maximum atomic E-state index is 13.3. The fraction of sp³-hybridized carbons (Fsp3) is 0.385. The summed E-state index contributed by atoms with van der Waals surface area (Å²) in [6, 6.07) is 4.58. The topological polar surface area (TPSA) is 96.5 Å². The van der Waals surface area contributed by atoms with E-state index in [4.69, 9.17) is 10.00 Å². The van der Waals surface area contributed by atoms with Gasteiger partial charge in [-0.2, -0.15) is 5.26 Å². The molecule has 8 heteroatoms. The number of nitriles is 1. The van der Waals surface area contributed by atoms with E-state index in [2.05, 4.69) is 0 Å². The number of hydrogen-bond acceptors (Lipinski definition) is 5. The van der Waals surface area contributed by atoms with E-state index in [0.717, 1.165) is 18.2 Å². The summed E-state index contributed by atoms with van der Waals surface area (Å²) in [7, 11) is 1.44. The highest BCUT2D eigenvalue weighted by atomic mass is 19.1. The van der Waals surface area contributed by atoms with Crippen LogP contribution < -0.4 is 0 Å². The van der Waals surface area contributed by atoms with Crippen LogP contribution in [-0.4, -0.2) is 42.5 Å². The van der Waals surface area contributed by atoms with Crippen molar-refractivity contribution in [2.45, 2.75) is 6.42 Å². The Kier molecular flexibility index (Phi) is 6.23. The second-order valence-corrected chi connectivity index (χ2v) is 4.11. The molecule has 1 amide bonds. The van der Waals surface area contributed by atoms with E-state index in [0.29, 0.717) is 0 Å². The molecule has 0 bridgehead atoms. The van der Waals surface area contributed by atoms with Crippen LogP contribution in [-0.2, 0) is 4.74 Å². The summed E-state index contributed by atoms with van der Waals surface area (Å²) in [6.07, 6.45) is 0.0680. The van der Waals surface area contributed by atoms with Crippen molar-refractivity contribution in [1.29, 1.82) is 5.26 Å². The highest BCUT2D eigenvalue weighted by Gasteiger charge is 2.25. The Morgan fingerprint density at radius 2 is 2.24 bits per heavy atom. The van der Waals surface area contributed by atoms with Gasteiger partial charge in [0.15, 0.2) is 0 Å². The first-order valence-electron chi connectivity index (χ1n) is 6.10. The first-order chi connectivity index (χ1) is 10.0.